The Hall–Kier alpha value is -3.32. The summed E-state index contributed by atoms with van der Waals surface area (Å²) < 4.78 is 5.49. The molecule has 3 heterocycles. The van der Waals surface area contributed by atoms with E-state index in [0.717, 1.165) is 46.4 Å². The molecule has 2 aromatic carbocycles. The van der Waals surface area contributed by atoms with Crippen LogP contribution in [0.2, 0.25) is 0 Å². The molecule has 2 atom stereocenters. The molecule has 0 radical (unpaired) electrons. The predicted molar refractivity (Wildman–Crippen MR) is 134 cm³/mol. The number of ether oxygens (including phenoxy) is 1. The van der Waals surface area contributed by atoms with Gasteiger partial charge in [-0.1, -0.05) is 36.8 Å². The van der Waals surface area contributed by atoms with E-state index >= 15 is 0 Å². The molecule has 1 aromatic heterocycles. The number of rotatable bonds is 7. The van der Waals surface area contributed by atoms with Gasteiger partial charge in [0.2, 0.25) is 0 Å². The van der Waals surface area contributed by atoms with Gasteiger partial charge in [0.1, 0.15) is 17.3 Å². The normalized spacial score (nSPS) is 24.0. The quantitative estimate of drug-likeness (QED) is 0.395. The number of aromatic amines is 1. The molecule has 1 unspecified atom stereocenters. The molecular weight excluding hydrogens is 440 g/mol. The van der Waals surface area contributed by atoms with E-state index in [4.69, 9.17) is 4.74 Å². The maximum Gasteiger partial charge on any atom is 0.328 e. The number of H-pyrrole nitrogens is 1. The smallest absolute Gasteiger partial charge is 0.328 e. The number of carbonyl (C=O) groups excluding carboxylic acids is 2. The number of nitrogens with one attached hydrogen (secondary N) is 2. The highest BCUT2D eigenvalue weighted by molar-refractivity contribution is 6.08. The van der Waals surface area contributed by atoms with Crippen molar-refractivity contribution < 1.29 is 14.3 Å². The number of fused-ring (bicyclic) bond motifs is 4. The van der Waals surface area contributed by atoms with Crippen LogP contribution in [0, 0.1) is 0 Å². The molecule has 2 fully saturated rings. The van der Waals surface area contributed by atoms with Crippen molar-refractivity contribution in [2.24, 2.45) is 0 Å². The van der Waals surface area contributed by atoms with E-state index in [1.807, 2.05) is 60.4 Å². The molecule has 2 N–H and O–H groups in total. The highest BCUT2D eigenvalue weighted by Gasteiger charge is 2.59. The lowest BCUT2D eigenvalue weighted by atomic mass is 9.81. The number of hydrogen-bond acceptors (Lipinski definition) is 4. The first-order valence-electron chi connectivity index (χ1n) is 12.6. The van der Waals surface area contributed by atoms with Crippen molar-refractivity contribution in [3.63, 3.8) is 0 Å². The zero-order valence-electron chi connectivity index (χ0n) is 20.3. The minimum Gasteiger partial charge on any atom is -0.497 e. The van der Waals surface area contributed by atoms with Crippen LogP contribution in [-0.2, 0) is 11.2 Å². The minimum atomic E-state index is -0.940. The monoisotopic (exact) mass is 472 g/mol. The van der Waals surface area contributed by atoms with Crippen LogP contribution in [0.3, 0.4) is 0 Å². The van der Waals surface area contributed by atoms with Crippen LogP contribution in [0.4, 0.5) is 4.79 Å². The maximum absolute atomic E-state index is 13.8. The van der Waals surface area contributed by atoms with Crippen LogP contribution >= 0.6 is 0 Å². The van der Waals surface area contributed by atoms with Crippen LogP contribution < -0.4 is 10.1 Å². The van der Waals surface area contributed by atoms with Gasteiger partial charge in [-0.05, 0) is 62.1 Å². The SMILES string of the molecule is COc1ccc2[nH]c3c(c2c1)C[C@@]1(C)C(=O)N(CCCNC2CCC2)C(=O)N1C3c1ccccc1. The van der Waals surface area contributed by atoms with Gasteiger partial charge in [0.05, 0.1) is 7.11 Å². The Morgan fingerprint density at radius 1 is 1.14 bits per heavy atom. The minimum absolute atomic E-state index is 0.102. The highest BCUT2D eigenvalue weighted by atomic mass is 16.5. The first-order valence-corrected chi connectivity index (χ1v) is 12.6. The van der Waals surface area contributed by atoms with Crippen molar-refractivity contribution >= 4 is 22.8 Å². The van der Waals surface area contributed by atoms with E-state index in [1.54, 1.807) is 7.11 Å². The summed E-state index contributed by atoms with van der Waals surface area (Å²) in [4.78, 5) is 34.6. The summed E-state index contributed by atoms with van der Waals surface area (Å²) in [7, 11) is 1.66. The summed E-state index contributed by atoms with van der Waals surface area (Å²) in [5.41, 5.74) is 3.10. The third-order valence-electron chi connectivity index (χ3n) is 8.09. The Morgan fingerprint density at radius 2 is 1.94 bits per heavy atom. The lowest BCUT2D eigenvalue weighted by Crippen LogP contribution is -2.53. The Balaban J connectivity index is 1.39. The number of nitrogens with zero attached hydrogens (tertiary/aromatic N) is 2. The predicted octanol–water partition coefficient (Wildman–Crippen LogP) is 4.38. The van der Waals surface area contributed by atoms with Gasteiger partial charge < -0.3 is 15.0 Å². The Labute approximate surface area is 205 Å². The Bertz CT molecular complexity index is 1280. The highest BCUT2D eigenvalue weighted by Crippen LogP contribution is 2.49. The largest absolute Gasteiger partial charge is 0.497 e. The van der Waals surface area contributed by atoms with Crippen LogP contribution in [0.1, 0.15) is 55.5 Å². The Morgan fingerprint density at radius 3 is 2.66 bits per heavy atom. The molecule has 3 aromatic rings. The topological polar surface area (TPSA) is 77.7 Å². The molecule has 3 aliphatic rings. The first-order chi connectivity index (χ1) is 17.0. The molecule has 3 amide bonds. The number of urea groups is 1. The number of methoxy groups -OCH3 is 1. The maximum atomic E-state index is 13.8. The molecule has 0 bridgehead atoms. The van der Waals surface area contributed by atoms with Gasteiger partial charge in [0.25, 0.3) is 5.91 Å². The number of aromatic nitrogens is 1. The van der Waals surface area contributed by atoms with Gasteiger partial charge in [-0.3, -0.25) is 14.6 Å². The fraction of sp³-hybridized carbons (Fsp3) is 0.429. The van der Waals surface area contributed by atoms with Crippen molar-refractivity contribution in [3.8, 4) is 5.75 Å². The molecule has 0 spiro atoms. The number of amides is 3. The number of hydrogen-bond donors (Lipinski definition) is 2. The van der Waals surface area contributed by atoms with E-state index in [1.165, 1.54) is 24.2 Å². The average molecular weight is 473 g/mol. The molecule has 6 rings (SSSR count). The van der Waals surface area contributed by atoms with E-state index in [2.05, 4.69) is 10.3 Å². The molecule has 35 heavy (non-hydrogen) atoms. The molecular formula is C28H32N4O3. The van der Waals surface area contributed by atoms with Gasteiger partial charge in [-0.2, -0.15) is 0 Å². The zero-order chi connectivity index (χ0) is 24.2. The van der Waals surface area contributed by atoms with Crippen LogP contribution in [0.5, 0.6) is 5.75 Å². The summed E-state index contributed by atoms with van der Waals surface area (Å²) in [6, 6.07) is 16.0. The second-order valence-corrected chi connectivity index (χ2v) is 10.2. The van der Waals surface area contributed by atoms with Crippen LogP contribution in [-0.4, -0.2) is 58.5 Å². The molecule has 2 aliphatic heterocycles. The zero-order valence-corrected chi connectivity index (χ0v) is 20.3. The molecule has 7 nitrogen and oxygen atoms in total. The molecule has 1 aliphatic carbocycles. The van der Waals surface area contributed by atoms with Crippen molar-refractivity contribution in [1.29, 1.82) is 0 Å². The Kier molecular flexibility index (Phi) is 5.33. The van der Waals surface area contributed by atoms with Gasteiger partial charge >= 0.3 is 6.03 Å². The first kappa shape index (κ1) is 22.2. The molecule has 182 valence electrons. The van der Waals surface area contributed by atoms with E-state index in [0.29, 0.717) is 19.0 Å². The fourth-order valence-electron chi connectivity index (χ4n) is 5.95. The van der Waals surface area contributed by atoms with Crippen LogP contribution in [0.25, 0.3) is 10.9 Å². The van der Waals surface area contributed by atoms with Gasteiger partial charge in [0, 0.05) is 35.6 Å². The summed E-state index contributed by atoms with van der Waals surface area (Å²) in [6.45, 7) is 3.19. The van der Waals surface area contributed by atoms with E-state index in [9.17, 15) is 9.59 Å². The molecule has 7 heteroatoms. The third-order valence-corrected chi connectivity index (χ3v) is 8.09. The lowest BCUT2D eigenvalue weighted by Gasteiger charge is -2.42. The van der Waals surface area contributed by atoms with Crippen molar-refractivity contribution in [2.75, 3.05) is 20.2 Å². The van der Waals surface area contributed by atoms with Crippen molar-refractivity contribution in [2.45, 2.75) is 56.7 Å². The van der Waals surface area contributed by atoms with Crippen molar-refractivity contribution in [3.05, 3.63) is 65.4 Å². The van der Waals surface area contributed by atoms with E-state index in [-0.39, 0.29) is 18.0 Å². The second kappa shape index (κ2) is 8.41. The lowest BCUT2D eigenvalue weighted by molar-refractivity contribution is -0.133. The standard InChI is InChI=1S/C28H32N4O3/c1-28-17-22-21-16-20(35-2)12-13-23(21)30-24(22)25(18-8-4-3-5-9-18)32(28)27(34)31(26(28)33)15-7-14-29-19-10-6-11-19/h3-5,8-9,12-13,16,19,25,29-30H,6-7,10-11,14-15,17H2,1-2H3/t25?,28-/m0/s1. The molecule has 1 saturated heterocycles. The van der Waals surface area contributed by atoms with Crippen molar-refractivity contribution in [1.82, 2.24) is 20.1 Å². The second-order valence-electron chi connectivity index (χ2n) is 10.2. The average Bonchev–Trinajstić information content (AvgIpc) is 3.29. The van der Waals surface area contributed by atoms with Gasteiger partial charge in [0.15, 0.2) is 0 Å². The summed E-state index contributed by atoms with van der Waals surface area (Å²) in [5, 5.41) is 4.59. The van der Waals surface area contributed by atoms with E-state index < -0.39 is 5.54 Å². The van der Waals surface area contributed by atoms with Crippen LogP contribution in [0.15, 0.2) is 48.5 Å². The number of carbonyl (C=O) groups is 2. The summed E-state index contributed by atoms with van der Waals surface area (Å²) in [5.74, 6) is 0.674. The summed E-state index contributed by atoms with van der Waals surface area (Å²) >= 11 is 0. The summed E-state index contributed by atoms with van der Waals surface area (Å²) in [6.07, 6.45) is 4.97. The van der Waals surface area contributed by atoms with Gasteiger partial charge in [-0.25, -0.2) is 4.79 Å². The molecule has 1 saturated carbocycles. The van der Waals surface area contributed by atoms with Gasteiger partial charge in [-0.15, -0.1) is 0 Å². The number of benzene rings is 2. The fourth-order valence-corrected chi connectivity index (χ4v) is 5.95. The third kappa shape index (κ3) is 3.44. The number of imide groups is 1.